The average Bonchev–Trinajstić information content (AvgIpc) is 2.98. The molecule has 1 aliphatic carbocycles. The molecule has 1 N–H and O–H groups in total. The van der Waals surface area contributed by atoms with Crippen molar-refractivity contribution in [2.45, 2.75) is 38.0 Å². The van der Waals surface area contributed by atoms with Crippen molar-refractivity contribution >= 4 is 16.5 Å². The van der Waals surface area contributed by atoms with Crippen molar-refractivity contribution in [3.63, 3.8) is 0 Å². The number of hydrogen-bond donors (Lipinski definition) is 1. The molecule has 1 saturated heterocycles. The van der Waals surface area contributed by atoms with Crippen molar-refractivity contribution in [1.82, 2.24) is 15.1 Å². The Morgan fingerprint density at radius 2 is 1.95 bits per heavy atom. The van der Waals surface area contributed by atoms with Crippen LogP contribution in [0.3, 0.4) is 0 Å². The maximum atomic E-state index is 5.35. The molecule has 20 heavy (non-hydrogen) atoms. The summed E-state index contributed by atoms with van der Waals surface area (Å²) in [5.41, 5.74) is 0. The van der Waals surface area contributed by atoms with Crippen molar-refractivity contribution in [2.75, 3.05) is 44.7 Å². The fraction of sp³-hybridized carbons (Fsp3) is 0.857. The van der Waals surface area contributed by atoms with Crippen molar-refractivity contribution in [2.24, 2.45) is 0 Å². The van der Waals surface area contributed by atoms with Gasteiger partial charge in [0.15, 0.2) is 0 Å². The zero-order valence-electron chi connectivity index (χ0n) is 12.0. The van der Waals surface area contributed by atoms with Crippen LogP contribution in [0.1, 0.15) is 43.0 Å². The van der Waals surface area contributed by atoms with E-state index in [1.54, 1.807) is 11.3 Å². The summed E-state index contributed by atoms with van der Waals surface area (Å²) in [6.07, 6.45) is 6.68. The lowest BCUT2D eigenvalue weighted by Gasteiger charge is -2.26. The van der Waals surface area contributed by atoms with Crippen LogP contribution < -0.4 is 5.32 Å². The summed E-state index contributed by atoms with van der Waals surface area (Å²) in [5, 5.41) is 14.3. The average molecular weight is 296 g/mol. The predicted molar refractivity (Wildman–Crippen MR) is 81.5 cm³/mol. The third-order valence-electron chi connectivity index (χ3n) is 4.20. The van der Waals surface area contributed by atoms with Crippen molar-refractivity contribution in [3.05, 3.63) is 5.01 Å². The van der Waals surface area contributed by atoms with Crippen LogP contribution in [0.25, 0.3) is 0 Å². The molecule has 1 aliphatic heterocycles. The maximum Gasteiger partial charge on any atom is 0.205 e. The molecule has 3 rings (SSSR count). The molecule has 0 bridgehead atoms. The van der Waals surface area contributed by atoms with Crippen molar-refractivity contribution in [3.8, 4) is 0 Å². The molecule has 2 fully saturated rings. The second-order valence-corrected chi connectivity index (χ2v) is 6.67. The van der Waals surface area contributed by atoms with Gasteiger partial charge in [0.1, 0.15) is 5.01 Å². The van der Waals surface area contributed by atoms with Gasteiger partial charge >= 0.3 is 0 Å². The number of anilines is 1. The summed E-state index contributed by atoms with van der Waals surface area (Å²) in [7, 11) is 0. The lowest BCUT2D eigenvalue weighted by atomic mass is 9.90. The quantitative estimate of drug-likeness (QED) is 0.904. The van der Waals surface area contributed by atoms with Crippen LogP contribution in [0.2, 0.25) is 0 Å². The Morgan fingerprint density at radius 1 is 1.15 bits per heavy atom. The molecule has 112 valence electrons. The summed E-state index contributed by atoms with van der Waals surface area (Å²) < 4.78 is 5.35. The van der Waals surface area contributed by atoms with Gasteiger partial charge in [0.05, 0.1) is 13.2 Å². The van der Waals surface area contributed by atoms with Crippen LogP contribution in [-0.4, -0.2) is 54.5 Å². The summed E-state index contributed by atoms with van der Waals surface area (Å²) in [6.45, 7) is 5.83. The number of aromatic nitrogens is 2. The molecule has 5 nitrogen and oxygen atoms in total. The third kappa shape index (κ3) is 3.90. The number of hydrogen-bond acceptors (Lipinski definition) is 6. The van der Waals surface area contributed by atoms with Crippen LogP contribution in [0.5, 0.6) is 0 Å². The van der Waals surface area contributed by atoms with E-state index in [1.807, 2.05) is 0 Å². The Bertz CT molecular complexity index is 400. The predicted octanol–water partition coefficient (Wildman–Crippen LogP) is 2.33. The number of nitrogens with zero attached hydrogens (tertiary/aromatic N) is 3. The molecule has 0 radical (unpaired) electrons. The van der Waals surface area contributed by atoms with Gasteiger partial charge in [-0.05, 0) is 12.8 Å². The largest absolute Gasteiger partial charge is 0.379 e. The highest BCUT2D eigenvalue weighted by Crippen LogP contribution is 2.34. The molecule has 0 atom stereocenters. The maximum absolute atomic E-state index is 5.35. The Kier molecular flexibility index (Phi) is 5.22. The molecule has 1 aromatic heterocycles. The van der Waals surface area contributed by atoms with Gasteiger partial charge in [-0.25, -0.2) is 0 Å². The Hall–Kier alpha value is -0.720. The minimum Gasteiger partial charge on any atom is -0.379 e. The number of nitrogens with one attached hydrogen (secondary N) is 1. The van der Waals surface area contributed by atoms with E-state index < -0.39 is 0 Å². The van der Waals surface area contributed by atoms with Crippen LogP contribution in [0.15, 0.2) is 0 Å². The van der Waals surface area contributed by atoms with Gasteiger partial charge in [-0.3, -0.25) is 4.90 Å². The highest BCUT2D eigenvalue weighted by atomic mass is 32.1. The summed E-state index contributed by atoms with van der Waals surface area (Å²) >= 11 is 1.75. The van der Waals surface area contributed by atoms with Crippen molar-refractivity contribution < 1.29 is 4.74 Å². The van der Waals surface area contributed by atoms with E-state index in [4.69, 9.17) is 4.74 Å². The van der Waals surface area contributed by atoms with Crippen molar-refractivity contribution in [1.29, 1.82) is 0 Å². The smallest absolute Gasteiger partial charge is 0.205 e. The first-order valence-corrected chi connectivity index (χ1v) is 8.61. The normalized spacial score (nSPS) is 22.0. The van der Waals surface area contributed by atoms with Crippen LogP contribution in [0.4, 0.5) is 5.13 Å². The molecule has 2 aliphatic rings. The van der Waals surface area contributed by atoms with Crippen LogP contribution >= 0.6 is 11.3 Å². The fourth-order valence-electron chi connectivity index (χ4n) is 2.97. The fourth-order valence-corrected chi connectivity index (χ4v) is 3.90. The first-order valence-electron chi connectivity index (χ1n) is 7.79. The molecule has 0 spiro atoms. The molecular formula is C14H24N4OS. The zero-order valence-corrected chi connectivity index (χ0v) is 12.8. The number of morpholine rings is 1. The first-order chi connectivity index (χ1) is 9.92. The molecule has 6 heteroatoms. The number of rotatable bonds is 5. The SMILES string of the molecule is C1CCC(c2nnc(NCCN3CCOCC3)s2)CC1. The molecule has 0 amide bonds. The van der Waals surface area contributed by atoms with Gasteiger partial charge in [0.25, 0.3) is 0 Å². The topological polar surface area (TPSA) is 50.3 Å². The van der Waals surface area contributed by atoms with Gasteiger partial charge < -0.3 is 10.1 Å². The lowest BCUT2D eigenvalue weighted by Crippen LogP contribution is -2.38. The highest BCUT2D eigenvalue weighted by Gasteiger charge is 2.19. The second kappa shape index (κ2) is 7.33. The zero-order chi connectivity index (χ0) is 13.6. The van der Waals surface area contributed by atoms with E-state index >= 15 is 0 Å². The monoisotopic (exact) mass is 296 g/mol. The summed E-state index contributed by atoms with van der Waals surface area (Å²) in [6, 6.07) is 0. The Labute approximate surface area is 124 Å². The van der Waals surface area contributed by atoms with Gasteiger partial charge in [-0.1, -0.05) is 30.6 Å². The second-order valence-electron chi connectivity index (χ2n) is 5.66. The highest BCUT2D eigenvalue weighted by molar-refractivity contribution is 7.15. The molecule has 2 heterocycles. The minimum absolute atomic E-state index is 0.663. The van der Waals surface area contributed by atoms with E-state index in [1.165, 1.54) is 37.1 Å². The Morgan fingerprint density at radius 3 is 2.75 bits per heavy atom. The molecular weight excluding hydrogens is 272 g/mol. The Balaban J connectivity index is 1.42. The van der Waals surface area contributed by atoms with Crippen LogP contribution in [-0.2, 0) is 4.74 Å². The first kappa shape index (κ1) is 14.2. The third-order valence-corrected chi connectivity index (χ3v) is 5.25. The molecule has 0 aromatic carbocycles. The minimum atomic E-state index is 0.663. The standard InChI is InChI=1S/C14H24N4OS/c1-2-4-12(5-3-1)13-16-17-14(20-13)15-6-7-18-8-10-19-11-9-18/h12H,1-11H2,(H,15,17). The van der Waals surface area contributed by atoms with Gasteiger partial charge in [0, 0.05) is 32.1 Å². The van der Waals surface area contributed by atoms with Gasteiger partial charge in [-0.15, -0.1) is 10.2 Å². The van der Waals surface area contributed by atoms with E-state index in [0.717, 1.165) is 44.5 Å². The van der Waals surface area contributed by atoms with E-state index in [0.29, 0.717) is 5.92 Å². The van der Waals surface area contributed by atoms with E-state index in [2.05, 4.69) is 20.4 Å². The van der Waals surface area contributed by atoms with Crippen LogP contribution in [0, 0.1) is 0 Å². The molecule has 1 aromatic rings. The van der Waals surface area contributed by atoms with E-state index in [9.17, 15) is 0 Å². The summed E-state index contributed by atoms with van der Waals surface area (Å²) in [5.74, 6) is 0.663. The van der Waals surface area contributed by atoms with Gasteiger partial charge in [-0.2, -0.15) is 0 Å². The summed E-state index contributed by atoms with van der Waals surface area (Å²) in [4.78, 5) is 2.43. The molecule has 1 saturated carbocycles. The number of ether oxygens (including phenoxy) is 1. The lowest BCUT2D eigenvalue weighted by molar-refractivity contribution is 0.0398. The van der Waals surface area contributed by atoms with Gasteiger partial charge in [0.2, 0.25) is 5.13 Å². The van der Waals surface area contributed by atoms with E-state index in [-0.39, 0.29) is 0 Å². The molecule has 0 unspecified atom stereocenters.